The standard InChI is InChI=1S/C15H14ClNO3/c1-10-6-7-12(13(18)8-10)17-15(19)9-20-14-5-3-2-4-11(14)16/h2-8,18H,9H2,1H3,(H,17,19). The highest BCUT2D eigenvalue weighted by molar-refractivity contribution is 6.32. The van der Waals surface area contributed by atoms with Crippen molar-refractivity contribution in [3.63, 3.8) is 0 Å². The molecule has 0 aromatic heterocycles. The average Bonchev–Trinajstić information content (AvgIpc) is 2.41. The average molecular weight is 292 g/mol. The van der Waals surface area contributed by atoms with E-state index in [1.54, 1.807) is 42.5 Å². The first-order valence-electron chi connectivity index (χ1n) is 6.03. The Bertz CT molecular complexity index is 628. The van der Waals surface area contributed by atoms with Crippen LogP contribution in [0.25, 0.3) is 0 Å². The molecule has 4 nitrogen and oxygen atoms in total. The molecule has 0 aliphatic rings. The Balaban J connectivity index is 1.94. The maximum absolute atomic E-state index is 11.7. The van der Waals surface area contributed by atoms with Gasteiger partial charge in [0.1, 0.15) is 11.5 Å². The van der Waals surface area contributed by atoms with Gasteiger partial charge in [0, 0.05) is 0 Å². The SMILES string of the molecule is Cc1ccc(NC(=O)COc2ccccc2Cl)c(O)c1. The van der Waals surface area contributed by atoms with Gasteiger partial charge in [-0.05, 0) is 36.8 Å². The lowest BCUT2D eigenvalue weighted by atomic mass is 10.2. The Labute approximate surface area is 122 Å². The number of benzene rings is 2. The Morgan fingerprint density at radius 3 is 2.75 bits per heavy atom. The summed E-state index contributed by atoms with van der Waals surface area (Å²) in [7, 11) is 0. The van der Waals surface area contributed by atoms with E-state index in [4.69, 9.17) is 16.3 Å². The maximum atomic E-state index is 11.7. The summed E-state index contributed by atoms with van der Waals surface area (Å²) in [5.74, 6) is 0.0950. The number of hydrogen-bond acceptors (Lipinski definition) is 3. The first-order chi connectivity index (χ1) is 9.56. The van der Waals surface area contributed by atoms with E-state index < -0.39 is 0 Å². The van der Waals surface area contributed by atoms with Gasteiger partial charge in [0.2, 0.25) is 0 Å². The van der Waals surface area contributed by atoms with Crippen molar-refractivity contribution in [1.29, 1.82) is 0 Å². The number of carbonyl (C=O) groups is 1. The molecule has 0 bridgehead atoms. The lowest BCUT2D eigenvalue weighted by molar-refractivity contribution is -0.118. The Hall–Kier alpha value is -2.20. The molecule has 0 aliphatic heterocycles. The minimum Gasteiger partial charge on any atom is -0.506 e. The molecule has 0 heterocycles. The molecule has 5 heteroatoms. The highest BCUT2D eigenvalue weighted by Crippen LogP contribution is 2.25. The molecule has 2 aromatic rings. The Kier molecular flexibility index (Phi) is 4.48. The number of rotatable bonds is 4. The molecule has 2 rings (SSSR count). The summed E-state index contributed by atoms with van der Waals surface area (Å²) < 4.78 is 5.31. The predicted molar refractivity (Wildman–Crippen MR) is 78.4 cm³/mol. The fourth-order valence-corrected chi connectivity index (χ4v) is 1.83. The van der Waals surface area contributed by atoms with Gasteiger partial charge in [0.05, 0.1) is 10.7 Å². The number of amides is 1. The van der Waals surface area contributed by atoms with Crippen LogP contribution in [0, 0.1) is 6.92 Å². The van der Waals surface area contributed by atoms with E-state index in [1.807, 2.05) is 6.92 Å². The molecule has 0 spiro atoms. The smallest absolute Gasteiger partial charge is 0.262 e. The van der Waals surface area contributed by atoms with Crippen LogP contribution in [0.2, 0.25) is 5.02 Å². The lowest BCUT2D eigenvalue weighted by Crippen LogP contribution is -2.20. The van der Waals surface area contributed by atoms with Gasteiger partial charge in [-0.3, -0.25) is 4.79 Å². The maximum Gasteiger partial charge on any atom is 0.262 e. The molecule has 0 saturated heterocycles. The third-order valence-electron chi connectivity index (χ3n) is 2.62. The third-order valence-corrected chi connectivity index (χ3v) is 2.93. The van der Waals surface area contributed by atoms with Gasteiger partial charge in [0.25, 0.3) is 5.91 Å². The zero-order chi connectivity index (χ0) is 14.5. The van der Waals surface area contributed by atoms with E-state index in [0.29, 0.717) is 16.5 Å². The monoisotopic (exact) mass is 291 g/mol. The number of para-hydroxylation sites is 1. The predicted octanol–water partition coefficient (Wildman–Crippen LogP) is 3.37. The van der Waals surface area contributed by atoms with Crippen LogP contribution in [0.4, 0.5) is 5.69 Å². The molecule has 1 amide bonds. The minimum absolute atomic E-state index is 0.0242. The van der Waals surface area contributed by atoms with Crippen molar-refractivity contribution in [1.82, 2.24) is 0 Å². The van der Waals surface area contributed by atoms with Crippen molar-refractivity contribution in [2.24, 2.45) is 0 Å². The number of phenols is 1. The van der Waals surface area contributed by atoms with E-state index >= 15 is 0 Å². The van der Waals surface area contributed by atoms with Gasteiger partial charge in [-0.2, -0.15) is 0 Å². The normalized spacial score (nSPS) is 10.1. The van der Waals surface area contributed by atoms with Crippen LogP contribution in [-0.4, -0.2) is 17.6 Å². The highest BCUT2D eigenvalue weighted by atomic mass is 35.5. The van der Waals surface area contributed by atoms with Gasteiger partial charge in [0.15, 0.2) is 6.61 Å². The second-order valence-corrected chi connectivity index (χ2v) is 4.70. The zero-order valence-electron chi connectivity index (χ0n) is 10.9. The lowest BCUT2D eigenvalue weighted by Gasteiger charge is -2.10. The molecule has 0 aliphatic carbocycles. The molecule has 104 valence electrons. The Morgan fingerprint density at radius 1 is 1.30 bits per heavy atom. The number of aryl methyl sites for hydroxylation is 1. The van der Waals surface area contributed by atoms with Crippen LogP contribution < -0.4 is 10.1 Å². The van der Waals surface area contributed by atoms with E-state index in [9.17, 15) is 9.90 Å². The second-order valence-electron chi connectivity index (χ2n) is 4.29. The summed E-state index contributed by atoms with van der Waals surface area (Å²) in [6, 6.07) is 11.9. The van der Waals surface area contributed by atoms with Crippen molar-refractivity contribution in [3.05, 3.63) is 53.1 Å². The largest absolute Gasteiger partial charge is 0.506 e. The number of hydrogen-bond donors (Lipinski definition) is 2. The molecule has 0 atom stereocenters. The van der Waals surface area contributed by atoms with E-state index in [1.165, 1.54) is 0 Å². The van der Waals surface area contributed by atoms with E-state index in [0.717, 1.165) is 5.56 Å². The summed E-state index contributed by atoms with van der Waals surface area (Å²) in [4.78, 5) is 11.7. The van der Waals surface area contributed by atoms with Crippen LogP contribution in [-0.2, 0) is 4.79 Å². The number of ether oxygens (including phenoxy) is 1. The van der Waals surface area contributed by atoms with Crippen molar-refractivity contribution in [3.8, 4) is 11.5 Å². The Morgan fingerprint density at radius 2 is 2.05 bits per heavy atom. The van der Waals surface area contributed by atoms with Crippen LogP contribution >= 0.6 is 11.6 Å². The summed E-state index contributed by atoms with van der Waals surface area (Å²) >= 11 is 5.91. The highest BCUT2D eigenvalue weighted by Gasteiger charge is 2.08. The molecule has 0 unspecified atom stereocenters. The van der Waals surface area contributed by atoms with Crippen LogP contribution in [0.15, 0.2) is 42.5 Å². The van der Waals surface area contributed by atoms with Gasteiger partial charge in [-0.1, -0.05) is 29.8 Å². The van der Waals surface area contributed by atoms with Gasteiger partial charge in [-0.25, -0.2) is 0 Å². The number of aromatic hydroxyl groups is 1. The van der Waals surface area contributed by atoms with Crippen LogP contribution in [0.3, 0.4) is 0 Å². The number of carbonyl (C=O) groups excluding carboxylic acids is 1. The third kappa shape index (κ3) is 3.65. The molecule has 2 aromatic carbocycles. The molecule has 2 N–H and O–H groups in total. The fourth-order valence-electron chi connectivity index (χ4n) is 1.64. The summed E-state index contributed by atoms with van der Waals surface area (Å²) in [6.07, 6.45) is 0. The molecule has 0 radical (unpaired) electrons. The van der Waals surface area contributed by atoms with Gasteiger partial charge >= 0.3 is 0 Å². The number of anilines is 1. The minimum atomic E-state index is -0.371. The number of phenolic OH excluding ortho intramolecular Hbond substituents is 1. The van der Waals surface area contributed by atoms with Crippen molar-refractivity contribution >= 4 is 23.2 Å². The number of nitrogens with one attached hydrogen (secondary N) is 1. The van der Waals surface area contributed by atoms with E-state index in [-0.39, 0.29) is 18.3 Å². The second kappa shape index (κ2) is 6.30. The first kappa shape index (κ1) is 14.2. The van der Waals surface area contributed by atoms with Crippen molar-refractivity contribution < 1.29 is 14.6 Å². The topological polar surface area (TPSA) is 58.6 Å². The van der Waals surface area contributed by atoms with Crippen LogP contribution in [0.5, 0.6) is 11.5 Å². The van der Waals surface area contributed by atoms with Gasteiger partial charge < -0.3 is 15.2 Å². The van der Waals surface area contributed by atoms with Gasteiger partial charge in [-0.15, -0.1) is 0 Å². The molecule has 0 saturated carbocycles. The molecular formula is C15H14ClNO3. The quantitative estimate of drug-likeness (QED) is 0.849. The molecular weight excluding hydrogens is 278 g/mol. The molecule has 0 fully saturated rings. The van der Waals surface area contributed by atoms with Crippen molar-refractivity contribution in [2.75, 3.05) is 11.9 Å². The molecule has 20 heavy (non-hydrogen) atoms. The van der Waals surface area contributed by atoms with Crippen LogP contribution in [0.1, 0.15) is 5.56 Å². The van der Waals surface area contributed by atoms with Crippen molar-refractivity contribution in [2.45, 2.75) is 6.92 Å². The summed E-state index contributed by atoms with van der Waals surface area (Å²) in [5, 5.41) is 12.7. The summed E-state index contributed by atoms with van der Waals surface area (Å²) in [6.45, 7) is 1.67. The first-order valence-corrected chi connectivity index (χ1v) is 6.41. The van der Waals surface area contributed by atoms with E-state index in [2.05, 4.69) is 5.32 Å². The fraction of sp³-hybridized carbons (Fsp3) is 0.133. The number of halogens is 1. The summed E-state index contributed by atoms with van der Waals surface area (Å²) in [5.41, 5.74) is 1.26. The zero-order valence-corrected chi connectivity index (χ0v) is 11.6.